The predicted octanol–water partition coefficient (Wildman–Crippen LogP) is 6.63. The Bertz CT molecular complexity index is 1260. The molecule has 5 rings (SSSR count). The molecule has 30 heavy (non-hydrogen) atoms. The van der Waals surface area contributed by atoms with Crippen molar-refractivity contribution in [2.45, 2.75) is 6.42 Å². The molecule has 0 radical (unpaired) electrons. The van der Waals surface area contributed by atoms with Crippen molar-refractivity contribution in [1.29, 1.82) is 0 Å². The minimum Gasteiger partial charge on any atom is -0.340 e. The summed E-state index contributed by atoms with van der Waals surface area (Å²) in [6.45, 7) is 0. The van der Waals surface area contributed by atoms with Crippen LogP contribution in [0.1, 0.15) is 11.1 Å². The van der Waals surface area contributed by atoms with Crippen LogP contribution in [0.2, 0.25) is 0 Å². The van der Waals surface area contributed by atoms with Crippen LogP contribution in [-0.2, 0) is 6.42 Å². The van der Waals surface area contributed by atoms with Gasteiger partial charge < -0.3 is 5.32 Å². The van der Waals surface area contributed by atoms with Gasteiger partial charge in [0.25, 0.3) is 0 Å². The molecule has 0 saturated heterocycles. The fraction of sp³-hybridized carbons (Fsp3) is 0.0370. The first-order valence-corrected chi connectivity index (χ1v) is 10.0. The highest BCUT2D eigenvalue weighted by atomic mass is 15.0. The van der Waals surface area contributed by atoms with Crippen LogP contribution in [-0.4, -0.2) is 9.97 Å². The van der Waals surface area contributed by atoms with Gasteiger partial charge in [0, 0.05) is 29.7 Å². The molecule has 0 aliphatic heterocycles. The normalized spacial score (nSPS) is 10.8. The highest BCUT2D eigenvalue weighted by Crippen LogP contribution is 2.29. The number of nitrogens with zero attached hydrogens (tertiary/aromatic N) is 2. The Kier molecular flexibility index (Phi) is 4.93. The van der Waals surface area contributed by atoms with E-state index in [1.165, 1.54) is 27.6 Å². The molecule has 0 unspecified atom stereocenters. The molecular weight excluding hydrogens is 366 g/mol. The molecule has 0 spiro atoms. The average Bonchev–Trinajstić information content (AvgIpc) is 2.82. The molecule has 0 atom stereocenters. The smallest absolute Gasteiger partial charge is 0.138 e. The fourth-order valence-corrected chi connectivity index (χ4v) is 3.73. The molecule has 2 heterocycles. The van der Waals surface area contributed by atoms with Crippen LogP contribution < -0.4 is 5.32 Å². The minimum atomic E-state index is 0.835. The van der Waals surface area contributed by atoms with Crippen molar-refractivity contribution in [3.63, 3.8) is 0 Å². The summed E-state index contributed by atoms with van der Waals surface area (Å²) in [5.74, 6) is 0.872. The van der Waals surface area contributed by atoms with Crippen LogP contribution in [0.25, 0.3) is 21.9 Å². The Morgan fingerprint density at radius 2 is 1.30 bits per heavy atom. The molecule has 3 heteroatoms. The Morgan fingerprint density at radius 1 is 0.633 bits per heavy atom. The number of fused-ring (bicyclic) bond motifs is 1. The van der Waals surface area contributed by atoms with Crippen molar-refractivity contribution in [1.82, 2.24) is 9.97 Å². The average molecular weight is 387 g/mol. The molecule has 3 aromatic carbocycles. The lowest BCUT2D eigenvalue weighted by Crippen LogP contribution is -1.98. The van der Waals surface area contributed by atoms with Gasteiger partial charge in [-0.2, -0.15) is 0 Å². The first kappa shape index (κ1) is 18.1. The highest BCUT2D eigenvalue weighted by molar-refractivity contribution is 5.95. The summed E-state index contributed by atoms with van der Waals surface area (Å²) in [6.07, 6.45) is 6.48. The minimum absolute atomic E-state index is 0.835. The van der Waals surface area contributed by atoms with E-state index in [1.807, 2.05) is 24.7 Å². The van der Waals surface area contributed by atoms with E-state index < -0.39 is 0 Å². The summed E-state index contributed by atoms with van der Waals surface area (Å²) >= 11 is 0. The molecule has 0 bridgehead atoms. The molecule has 0 aliphatic rings. The van der Waals surface area contributed by atoms with Gasteiger partial charge in [-0.05, 0) is 58.3 Å². The molecule has 5 aromatic rings. The number of aromatic nitrogens is 2. The van der Waals surface area contributed by atoms with Crippen LogP contribution in [0, 0.1) is 0 Å². The molecular formula is C27H21N3. The van der Waals surface area contributed by atoms with Crippen molar-refractivity contribution in [2.75, 3.05) is 5.32 Å². The third kappa shape index (κ3) is 3.78. The fourth-order valence-electron chi connectivity index (χ4n) is 3.73. The van der Waals surface area contributed by atoms with Crippen molar-refractivity contribution in [3.05, 3.63) is 121 Å². The van der Waals surface area contributed by atoms with Gasteiger partial charge in [0.15, 0.2) is 0 Å². The maximum absolute atomic E-state index is 4.75. The third-order valence-corrected chi connectivity index (χ3v) is 5.28. The molecule has 0 aliphatic carbocycles. The van der Waals surface area contributed by atoms with Gasteiger partial charge in [-0.25, -0.2) is 4.98 Å². The summed E-state index contributed by atoms with van der Waals surface area (Å²) in [7, 11) is 0. The maximum atomic E-state index is 4.75. The van der Waals surface area contributed by atoms with E-state index in [1.54, 1.807) is 0 Å². The van der Waals surface area contributed by atoms with Crippen LogP contribution in [0.15, 0.2) is 110 Å². The van der Waals surface area contributed by atoms with E-state index in [4.69, 9.17) is 4.98 Å². The first-order valence-electron chi connectivity index (χ1n) is 10.0. The topological polar surface area (TPSA) is 37.8 Å². The van der Waals surface area contributed by atoms with Crippen molar-refractivity contribution >= 4 is 22.3 Å². The van der Waals surface area contributed by atoms with E-state index in [9.17, 15) is 0 Å². The molecule has 0 amide bonds. The van der Waals surface area contributed by atoms with Crippen LogP contribution in [0.5, 0.6) is 0 Å². The zero-order valence-corrected chi connectivity index (χ0v) is 16.5. The van der Waals surface area contributed by atoms with Crippen molar-refractivity contribution in [2.24, 2.45) is 0 Å². The number of anilines is 2. The van der Waals surface area contributed by atoms with Crippen LogP contribution >= 0.6 is 0 Å². The Morgan fingerprint density at radius 3 is 2.07 bits per heavy atom. The van der Waals surface area contributed by atoms with Crippen LogP contribution in [0.4, 0.5) is 11.5 Å². The second-order valence-corrected chi connectivity index (χ2v) is 7.28. The SMILES string of the molecule is c1ccc(-c2ccc(Nc3ncc(Cc4ccncc4)c4ccccc34)cc2)cc1. The van der Waals surface area contributed by atoms with E-state index in [2.05, 4.69) is 95.2 Å². The summed E-state index contributed by atoms with van der Waals surface area (Å²) < 4.78 is 0. The van der Waals surface area contributed by atoms with Crippen LogP contribution in [0.3, 0.4) is 0 Å². The largest absolute Gasteiger partial charge is 0.340 e. The number of rotatable bonds is 5. The van der Waals surface area contributed by atoms with E-state index in [-0.39, 0.29) is 0 Å². The molecule has 0 fully saturated rings. The molecule has 144 valence electrons. The molecule has 0 saturated carbocycles. The Hall–Kier alpha value is -3.98. The number of nitrogens with one attached hydrogen (secondary N) is 1. The Balaban J connectivity index is 1.44. The van der Waals surface area contributed by atoms with Gasteiger partial charge in [0.2, 0.25) is 0 Å². The van der Waals surface area contributed by atoms with Gasteiger partial charge in [-0.1, -0.05) is 66.7 Å². The summed E-state index contributed by atoms with van der Waals surface area (Å²) in [5.41, 5.74) is 5.88. The number of pyridine rings is 2. The molecule has 1 N–H and O–H groups in total. The van der Waals surface area contributed by atoms with E-state index >= 15 is 0 Å². The van der Waals surface area contributed by atoms with Gasteiger partial charge >= 0.3 is 0 Å². The first-order chi connectivity index (χ1) is 14.9. The molecule has 2 aromatic heterocycles. The molecule has 3 nitrogen and oxygen atoms in total. The van der Waals surface area contributed by atoms with Gasteiger partial charge in [-0.3, -0.25) is 4.98 Å². The van der Waals surface area contributed by atoms with Gasteiger partial charge in [-0.15, -0.1) is 0 Å². The monoisotopic (exact) mass is 387 g/mol. The lowest BCUT2D eigenvalue weighted by molar-refractivity contribution is 1.15. The summed E-state index contributed by atoms with van der Waals surface area (Å²) in [5, 5.41) is 5.83. The summed E-state index contributed by atoms with van der Waals surface area (Å²) in [4.78, 5) is 8.86. The lowest BCUT2D eigenvalue weighted by atomic mass is 10.0. The van der Waals surface area contributed by atoms with Gasteiger partial charge in [0.1, 0.15) is 5.82 Å². The van der Waals surface area contributed by atoms with Crippen molar-refractivity contribution < 1.29 is 0 Å². The number of hydrogen-bond donors (Lipinski definition) is 1. The van der Waals surface area contributed by atoms with Crippen molar-refractivity contribution in [3.8, 4) is 11.1 Å². The van der Waals surface area contributed by atoms with Gasteiger partial charge in [0.05, 0.1) is 0 Å². The zero-order chi connectivity index (χ0) is 20.2. The number of hydrogen-bond acceptors (Lipinski definition) is 3. The highest BCUT2D eigenvalue weighted by Gasteiger charge is 2.09. The quantitative estimate of drug-likeness (QED) is 0.368. The third-order valence-electron chi connectivity index (χ3n) is 5.28. The Labute approximate surface area is 176 Å². The van der Waals surface area contributed by atoms with E-state index in [0.29, 0.717) is 0 Å². The zero-order valence-electron chi connectivity index (χ0n) is 16.5. The van der Waals surface area contributed by atoms with E-state index in [0.717, 1.165) is 23.3 Å². The predicted molar refractivity (Wildman–Crippen MR) is 124 cm³/mol. The second-order valence-electron chi connectivity index (χ2n) is 7.28. The standard InChI is InChI=1S/C27H21N3/c1-2-6-21(7-3-1)22-10-12-24(13-11-22)30-27-26-9-5-4-8-25(26)23(19-29-27)18-20-14-16-28-17-15-20/h1-17,19H,18H2,(H,29,30). The second kappa shape index (κ2) is 8.18. The summed E-state index contributed by atoms with van der Waals surface area (Å²) in [6, 6.07) is 31.4. The number of benzene rings is 3. The lowest BCUT2D eigenvalue weighted by Gasteiger charge is -2.13. The maximum Gasteiger partial charge on any atom is 0.138 e.